The van der Waals surface area contributed by atoms with Gasteiger partial charge >= 0.3 is 5.88 Å². The molecule has 10 heteroatoms. The highest BCUT2D eigenvalue weighted by molar-refractivity contribution is 7.98. The van der Waals surface area contributed by atoms with E-state index in [4.69, 9.17) is 9.15 Å². The number of anilines is 1. The Morgan fingerprint density at radius 1 is 1.24 bits per heavy atom. The Labute approximate surface area is 145 Å². The first-order valence-electron chi connectivity index (χ1n) is 7.21. The number of fused-ring (bicyclic) bond motifs is 3. The lowest BCUT2D eigenvalue weighted by atomic mass is 10.1. The van der Waals surface area contributed by atoms with E-state index in [-0.39, 0.29) is 11.6 Å². The fourth-order valence-electron chi connectivity index (χ4n) is 2.44. The number of thioether (sulfide) groups is 1. The number of hydrogen-bond acceptors (Lipinski definition) is 9. The summed E-state index contributed by atoms with van der Waals surface area (Å²) in [7, 11) is 0. The number of ether oxygens (including phenoxy) is 1. The van der Waals surface area contributed by atoms with Crippen LogP contribution in [-0.4, -0.2) is 26.4 Å². The molecule has 0 unspecified atom stereocenters. The molecule has 25 heavy (non-hydrogen) atoms. The molecule has 126 valence electrons. The third kappa shape index (κ3) is 2.76. The molecule has 1 aromatic carbocycles. The van der Waals surface area contributed by atoms with Gasteiger partial charge in [-0.25, -0.2) is 4.98 Å². The molecule has 0 radical (unpaired) electrons. The maximum atomic E-state index is 10.9. The highest BCUT2D eigenvalue weighted by Crippen LogP contribution is 2.40. The third-order valence-electron chi connectivity index (χ3n) is 3.56. The van der Waals surface area contributed by atoms with Crippen LogP contribution in [0.1, 0.15) is 12.0 Å². The first kappa shape index (κ1) is 15.4. The first-order valence-corrected chi connectivity index (χ1v) is 8.43. The van der Waals surface area contributed by atoms with Crippen LogP contribution in [0.5, 0.6) is 5.75 Å². The number of furan rings is 1. The van der Waals surface area contributed by atoms with Crippen molar-refractivity contribution in [3.05, 3.63) is 52.3 Å². The summed E-state index contributed by atoms with van der Waals surface area (Å²) in [6.07, 6.45) is 1.06. The zero-order chi connectivity index (χ0) is 17.4. The Morgan fingerprint density at radius 3 is 2.84 bits per heavy atom. The Kier molecular flexibility index (Phi) is 3.73. The van der Waals surface area contributed by atoms with E-state index in [2.05, 4.69) is 20.5 Å². The number of nitrogens with one attached hydrogen (secondary N) is 1. The molecular weight excluding hydrogens is 346 g/mol. The van der Waals surface area contributed by atoms with Gasteiger partial charge in [-0.3, -0.25) is 10.1 Å². The maximum absolute atomic E-state index is 10.9. The number of nitro groups is 1. The molecule has 1 atom stereocenters. The SMILES string of the molecule is CSc1nnc2c(n1)N[C@H](c1ccc([N+](=O)[O-])o1)Oc1ccccc1-2. The monoisotopic (exact) mass is 357 g/mol. The Morgan fingerprint density at radius 2 is 2.08 bits per heavy atom. The summed E-state index contributed by atoms with van der Waals surface area (Å²) in [5.74, 6) is 0.918. The number of rotatable bonds is 3. The number of aromatic nitrogens is 3. The van der Waals surface area contributed by atoms with E-state index in [9.17, 15) is 10.1 Å². The van der Waals surface area contributed by atoms with Crippen LogP contribution in [-0.2, 0) is 0 Å². The van der Waals surface area contributed by atoms with Crippen molar-refractivity contribution < 1.29 is 14.1 Å². The summed E-state index contributed by atoms with van der Waals surface area (Å²) in [6.45, 7) is 0. The lowest BCUT2D eigenvalue weighted by Crippen LogP contribution is -2.17. The van der Waals surface area contributed by atoms with Crippen molar-refractivity contribution in [1.82, 2.24) is 15.2 Å². The van der Waals surface area contributed by atoms with Crippen LogP contribution in [0.15, 0.2) is 46.0 Å². The molecule has 1 N–H and O–H groups in total. The molecule has 0 aliphatic carbocycles. The van der Waals surface area contributed by atoms with Gasteiger partial charge < -0.3 is 14.5 Å². The minimum absolute atomic E-state index is 0.263. The largest absolute Gasteiger partial charge is 0.462 e. The lowest BCUT2D eigenvalue weighted by molar-refractivity contribution is -0.402. The van der Waals surface area contributed by atoms with Crippen LogP contribution in [0.4, 0.5) is 11.7 Å². The minimum atomic E-state index is -0.789. The molecule has 0 saturated carbocycles. The zero-order valence-corrected chi connectivity index (χ0v) is 13.7. The number of nitrogens with zero attached hydrogens (tertiary/aromatic N) is 4. The smallest absolute Gasteiger partial charge is 0.433 e. The molecule has 4 rings (SSSR count). The standard InChI is InChI=1S/C15H11N5O4S/c1-25-15-17-13-12(18-19-15)8-4-2-3-5-9(8)24-14(16-13)10-6-7-11(23-10)20(21)22/h2-7,14H,1H3,(H,16,17,19)/t14-/m0/s1. The van der Waals surface area contributed by atoms with Gasteiger partial charge in [0, 0.05) is 5.56 Å². The van der Waals surface area contributed by atoms with Crippen LogP contribution >= 0.6 is 11.8 Å². The average molecular weight is 357 g/mol. The summed E-state index contributed by atoms with van der Waals surface area (Å²) < 4.78 is 11.2. The summed E-state index contributed by atoms with van der Waals surface area (Å²) in [5.41, 5.74) is 1.26. The van der Waals surface area contributed by atoms with E-state index >= 15 is 0 Å². The molecule has 1 aliphatic heterocycles. The average Bonchev–Trinajstić information content (AvgIpc) is 3.06. The first-order chi connectivity index (χ1) is 12.2. The van der Waals surface area contributed by atoms with Crippen LogP contribution in [0.2, 0.25) is 0 Å². The van der Waals surface area contributed by atoms with Crippen LogP contribution in [0.3, 0.4) is 0 Å². The van der Waals surface area contributed by atoms with Crippen molar-refractivity contribution >= 4 is 23.5 Å². The van der Waals surface area contributed by atoms with Gasteiger partial charge in [0.2, 0.25) is 11.4 Å². The van der Waals surface area contributed by atoms with Gasteiger partial charge in [0.1, 0.15) is 16.4 Å². The van der Waals surface area contributed by atoms with Crippen molar-refractivity contribution in [1.29, 1.82) is 0 Å². The molecule has 0 saturated heterocycles. The van der Waals surface area contributed by atoms with Crippen molar-refractivity contribution in [2.75, 3.05) is 11.6 Å². The number of benzene rings is 1. The van der Waals surface area contributed by atoms with Gasteiger partial charge in [-0.05, 0) is 24.5 Å². The van der Waals surface area contributed by atoms with Crippen LogP contribution < -0.4 is 10.1 Å². The minimum Gasteiger partial charge on any atom is -0.462 e. The zero-order valence-electron chi connectivity index (χ0n) is 12.9. The summed E-state index contributed by atoms with van der Waals surface area (Å²) in [4.78, 5) is 14.7. The van der Waals surface area contributed by atoms with Crippen molar-refractivity contribution in [2.24, 2.45) is 0 Å². The summed E-state index contributed by atoms with van der Waals surface area (Å²) in [6, 6.07) is 10.1. The molecule has 1 aliphatic rings. The fourth-order valence-corrected chi connectivity index (χ4v) is 2.74. The van der Waals surface area contributed by atoms with Gasteiger partial charge in [0.15, 0.2) is 11.6 Å². The Bertz CT molecular complexity index is 961. The molecular formula is C15H11N5O4S. The summed E-state index contributed by atoms with van der Waals surface area (Å²) in [5, 5.41) is 22.7. The van der Waals surface area contributed by atoms with Gasteiger partial charge in [0.05, 0.1) is 6.07 Å². The molecule has 0 spiro atoms. The second-order valence-corrected chi connectivity index (χ2v) is 5.84. The van der Waals surface area contributed by atoms with Crippen molar-refractivity contribution in [3.8, 4) is 17.0 Å². The third-order valence-corrected chi connectivity index (χ3v) is 4.09. The van der Waals surface area contributed by atoms with E-state index in [0.717, 1.165) is 5.56 Å². The number of hydrogen-bond donors (Lipinski definition) is 1. The van der Waals surface area contributed by atoms with Gasteiger partial charge in [-0.2, -0.15) is 0 Å². The van der Waals surface area contributed by atoms with Crippen molar-refractivity contribution in [2.45, 2.75) is 11.4 Å². The fraction of sp³-hybridized carbons (Fsp3) is 0.133. The van der Waals surface area contributed by atoms with E-state index in [1.54, 1.807) is 6.07 Å². The highest BCUT2D eigenvalue weighted by Gasteiger charge is 2.28. The molecule has 3 aromatic rings. The lowest BCUT2D eigenvalue weighted by Gasteiger charge is -2.16. The summed E-state index contributed by atoms with van der Waals surface area (Å²) >= 11 is 1.36. The van der Waals surface area contributed by atoms with Crippen molar-refractivity contribution in [3.63, 3.8) is 0 Å². The predicted octanol–water partition coefficient (Wildman–Crippen LogP) is 3.26. The molecule has 9 nitrogen and oxygen atoms in total. The molecule has 3 heterocycles. The van der Waals surface area contributed by atoms with E-state index < -0.39 is 11.2 Å². The Balaban J connectivity index is 1.82. The van der Waals surface area contributed by atoms with Gasteiger partial charge in [-0.1, -0.05) is 23.9 Å². The topological polar surface area (TPSA) is 116 Å². The molecule has 2 aromatic heterocycles. The van der Waals surface area contributed by atoms with Gasteiger partial charge in [0.25, 0.3) is 0 Å². The maximum Gasteiger partial charge on any atom is 0.433 e. The molecule has 0 bridgehead atoms. The normalized spacial score (nSPS) is 15.3. The second kappa shape index (κ2) is 6.06. The van der Waals surface area contributed by atoms with E-state index in [0.29, 0.717) is 22.4 Å². The molecule has 0 amide bonds. The predicted molar refractivity (Wildman–Crippen MR) is 89.4 cm³/mol. The molecule has 0 fully saturated rings. The van der Waals surface area contributed by atoms with Crippen LogP contribution in [0, 0.1) is 10.1 Å². The van der Waals surface area contributed by atoms with Gasteiger partial charge in [-0.15, -0.1) is 10.2 Å². The van der Waals surface area contributed by atoms with E-state index in [1.807, 2.05) is 24.5 Å². The Hall–Kier alpha value is -3.14. The quantitative estimate of drug-likeness (QED) is 0.428. The van der Waals surface area contributed by atoms with E-state index in [1.165, 1.54) is 23.9 Å². The second-order valence-electron chi connectivity index (χ2n) is 5.07. The van der Waals surface area contributed by atoms with Crippen LogP contribution in [0.25, 0.3) is 11.3 Å². The highest BCUT2D eigenvalue weighted by atomic mass is 32.2. The number of para-hydroxylation sites is 1.